The highest BCUT2D eigenvalue weighted by atomic mass is 19.1. The van der Waals surface area contributed by atoms with E-state index in [1.165, 1.54) is 12.1 Å². The van der Waals surface area contributed by atoms with Crippen molar-refractivity contribution in [2.24, 2.45) is 10.7 Å². The van der Waals surface area contributed by atoms with Crippen molar-refractivity contribution in [1.29, 1.82) is 0 Å². The molecular formula is C14H13FN4. The summed E-state index contributed by atoms with van der Waals surface area (Å²) in [6, 6.07) is 10.2. The highest BCUT2D eigenvalue weighted by Crippen LogP contribution is 2.30. The molecule has 1 aliphatic heterocycles. The molecule has 1 aromatic heterocycles. The zero-order valence-corrected chi connectivity index (χ0v) is 10.2. The molecule has 0 radical (unpaired) electrons. The third kappa shape index (κ3) is 2.14. The second-order valence-corrected chi connectivity index (χ2v) is 4.35. The topological polar surface area (TPSA) is 54.5 Å². The second-order valence-electron chi connectivity index (χ2n) is 4.35. The maximum Gasteiger partial charge on any atom is 0.196 e. The molecule has 0 spiro atoms. The Balaban J connectivity index is 1.99. The van der Waals surface area contributed by atoms with Crippen LogP contribution in [0.15, 0.2) is 53.8 Å². The first-order valence-corrected chi connectivity index (χ1v) is 6.00. The minimum absolute atomic E-state index is 0.0319. The number of benzene rings is 1. The summed E-state index contributed by atoms with van der Waals surface area (Å²) in [6.45, 7) is 0.550. The zero-order chi connectivity index (χ0) is 13.2. The van der Waals surface area contributed by atoms with E-state index in [1.807, 2.05) is 23.1 Å². The number of guanidine groups is 1. The number of nitrogens with zero attached hydrogens (tertiary/aromatic N) is 3. The van der Waals surface area contributed by atoms with E-state index >= 15 is 0 Å². The van der Waals surface area contributed by atoms with E-state index in [-0.39, 0.29) is 11.9 Å². The summed E-state index contributed by atoms with van der Waals surface area (Å²) in [5.41, 5.74) is 7.63. The Morgan fingerprint density at radius 1 is 1.26 bits per heavy atom. The molecule has 1 unspecified atom stereocenters. The number of aromatic nitrogens is 1. The van der Waals surface area contributed by atoms with Crippen molar-refractivity contribution < 1.29 is 4.39 Å². The molecule has 96 valence electrons. The van der Waals surface area contributed by atoms with Gasteiger partial charge in [-0.05, 0) is 29.8 Å². The maximum atomic E-state index is 13.4. The fraction of sp³-hybridized carbons (Fsp3) is 0.143. The van der Waals surface area contributed by atoms with Gasteiger partial charge in [-0.2, -0.15) is 0 Å². The highest BCUT2D eigenvalue weighted by molar-refractivity contribution is 5.97. The van der Waals surface area contributed by atoms with Crippen LogP contribution in [0.1, 0.15) is 11.6 Å². The summed E-state index contributed by atoms with van der Waals surface area (Å²) in [4.78, 5) is 10.2. The number of halogens is 1. The Morgan fingerprint density at radius 2 is 2.16 bits per heavy atom. The van der Waals surface area contributed by atoms with Crippen LogP contribution in [0.4, 0.5) is 10.1 Å². The summed E-state index contributed by atoms with van der Waals surface area (Å²) in [5, 5.41) is 0. The van der Waals surface area contributed by atoms with Crippen molar-refractivity contribution in [3.05, 3.63) is 60.2 Å². The van der Waals surface area contributed by atoms with Gasteiger partial charge in [0.2, 0.25) is 0 Å². The minimum atomic E-state index is -0.290. The third-order valence-electron chi connectivity index (χ3n) is 3.14. The summed E-state index contributed by atoms with van der Waals surface area (Å²) in [6.07, 6.45) is 3.50. The average molecular weight is 256 g/mol. The number of nitrogens with two attached hydrogens (primary N) is 1. The molecule has 4 nitrogen and oxygen atoms in total. The van der Waals surface area contributed by atoms with Gasteiger partial charge in [-0.3, -0.25) is 9.98 Å². The third-order valence-corrected chi connectivity index (χ3v) is 3.14. The van der Waals surface area contributed by atoms with E-state index in [0.29, 0.717) is 18.2 Å². The van der Waals surface area contributed by atoms with Gasteiger partial charge >= 0.3 is 0 Å². The molecular weight excluding hydrogens is 243 g/mol. The predicted octanol–water partition coefficient (Wildman–Crippen LogP) is 2.10. The van der Waals surface area contributed by atoms with Gasteiger partial charge in [0, 0.05) is 18.1 Å². The molecule has 0 amide bonds. The molecule has 0 aliphatic carbocycles. The van der Waals surface area contributed by atoms with Crippen LogP contribution in [-0.2, 0) is 0 Å². The molecule has 1 atom stereocenters. The zero-order valence-electron chi connectivity index (χ0n) is 10.2. The van der Waals surface area contributed by atoms with Crippen molar-refractivity contribution >= 4 is 11.6 Å². The standard InChI is InChI=1S/C14H13FN4/c15-11-4-1-5-12(7-11)19-13(9-18-14(19)16)10-3-2-6-17-8-10/h1-8,13H,9H2,(H2,16,18). The normalized spacial score (nSPS) is 18.5. The van der Waals surface area contributed by atoms with Gasteiger partial charge in [-0.25, -0.2) is 4.39 Å². The molecule has 0 fully saturated rings. The first kappa shape index (κ1) is 11.6. The molecule has 2 N–H and O–H groups in total. The van der Waals surface area contributed by atoms with Crippen LogP contribution >= 0.6 is 0 Å². The highest BCUT2D eigenvalue weighted by Gasteiger charge is 2.29. The number of rotatable bonds is 2. The first-order chi connectivity index (χ1) is 9.25. The van der Waals surface area contributed by atoms with Gasteiger partial charge in [0.25, 0.3) is 0 Å². The summed E-state index contributed by atoms with van der Waals surface area (Å²) >= 11 is 0. The number of hydrogen-bond acceptors (Lipinski definition) is 4. The van der Waals surface area contributed by atoms with Crippen LogP contribution in [-0.4, -0.2) is 17.5 Å². The van der Waals surface area contributed by atoms with Gasteiger partial charge in [-0.1, -0.05) is 12.1 Å². The van der Waals surface area contributed by atoms with Gasteiger partial charge in [0.1, 0.15) is 5.82 Å². The quantitative estimate of drug-likeness (QED) is 0.895. The Bertz CT molecular complexity index is 612. The SMILES string of the molecule is NC1=NCC(c2cccnc2)N1c1cccc(F)c1. The van der Waals surface area contributed by atoms with Gasteiger partial charge in [0.05, 0.1) is 12.6 Å². The van der Waals surface area contributed by atoms with Crippen molar-refractivity contribution in [2.45, 2.75) is 6.04 Å². The summed E-state index contributed by atoms with van der Waals surface area (Å²) < 4.78 is 13.4. The molecule has 3 rings (SSSR count). The number of hydrogen-bond donors (Lipinski definition) is 1. The number of anilines is 1. The monoisotopic (exact) mass is 256 g/mol. The molecule has 1 aliphatic rings. The lowest BCUT2D eigenvalue weighted by molar-refractivity contribution is 0.626. The van der Waals surface area contributed by atoms with E-state index in [2.05, 4.69) is 9.98 Å². The molecule has 1 aromatic carbocycles. The number of aliphatic imine (C=N–C) groups is 1. The van der Waals surface area contributed by atoms with Gasteiger partial charge in [0.15, 0.2) is 5.96 Å². The summed E-state index contributed by atoms with van der Waals surface area (Å²) in [7, 11) is 0. The fourth-order valence-electron chi connectivity index (χ4n) is 2.26. The van der Waals surface area contributed by atoms with E-state index in [0.717, 1.165) is 5.56 Å². The lowest BCUT2D eigenvalue weighted by Crippen LogP contribution is -2.36. The van der Waals surface area contributed by atoms with Crippen LogP contribution < -0.4 is 10.6 Å². The first-order valence-electron chi connectivity index (χ1n) is 6.00. The van der Waals surface area contributed by atoms with Crippen molar-refractivity contribution in [3.8, 4) is 0 Å². The second kappa shape index (κ2) is 4.68. The van der Waals surface area contributed by atoms with Crippen LogP contribution in [0.2, 0.25) is 0 Å². The molecule has 0 saturated heterocycles. The molecule has 19 heavy (non-hydrogen) atoms. The molecule has 0 bridgehead atoms. The van der Waals surface area contributed by atoms with Crippen LogP contribution in [0.5, 0.6) is 0 Å². The van der Waals surface area contributed by atoms with Gasteiger partial charge in [-0.15, -0.1) is 0 Å². The Kier molecular flexibility index (Phi) is 2.87. The maximum absolute atomic E-state index is 13.4. The lowest BCUT2D eigenvalue weighted by atomic mass is 10.1. The largest absolute Gasteiger partial charge is 0.369 e. The Morgan fingerprint density at radius 3 is 2.89 bits per heavy atom. The van der Waals surface area contributed by atoms with E-state index in [1.54, 1.807) is 18.5 Å². The van der Waals surface area contributed by atoms with Crippen molar-refractivity contribution in [1.82, 2.24) is 4.98 Å². The van der Waals surface area contributed by atoms with Crippen LogP contribution in [0.3, 0.4) is 0 Å². The van der Waals surface area contributed by atoms with Crippen molar-refractivity contribution in [2.75, 3.05) is 11.4 Å². The molecule has 0 saturated carbocycles. The molecule has 5 heteroatoms. The Hall–Kier alpha value is -2.43. The number of pyridine rings is 1. The van der Waals surface area contributed by atoms with E-state index in [4.69, 9.17) is 5.73 Å². The lowest BCUT2D eigenvalue weighted by Gasteiger charge is -2.26. The predicted molar refractivity (Wildman–Crippen MR) is 72.3 cm³/mol. The van der Waals surface area contributed by atoms with Crippen molar-refractivity contribution in [3.63, 3.8) is 0 Å². The van der Waals surface area contributed by atoms with E-state index in [9.17, 15) is 4.39 Å². The van der Waals surface area contributed by atoms with Crippen LogP contribution in [0.25, 0.3) is 0 Å². The molecule has 2 heterocycles. The molecule has 2 aromatic rings. The van der Waals surface area contributed by atoms with Crippen LogP contribution in [0, 0.1) is 5.82 Å². The Labute approximate surface area is 110 Å². The smallest absolute Gasteiger partial charge is 0.196 e. The van der Waals surface area contributed by atoms with E-state index < -0.39 is 0 Å². The minimum Gasteiger partial charge on any atom is -0.369 e. The fourth-order valence-corrected chi connectivity index (χ4v) is 2.26. The average Bonchev–Trinajstić information content (AvgIpc) is 2.82. The van der Waals surface area contributed by atoms with Gasteiger partial charge < -0.3 is 10.6 Å². The summed E-state index contributed by atoms with van der Waals surface area (Å²) in [5.74, 6) is 0.113.